The van der Waals surface area contributed by atoms with Gasteiger partial charge in [-0.3, -0.25) is 10.1 Å². The fourth-order valence-electron chi connectivity index (χ4n) is 1.70. The van der Waals surface area contributed by atoms with Crippen LogP contribution in [0, 0.1) is 15.9 Å². The first-order valence-electron chi connectivity index (χ1n) is 6.25. The Labute approximate surface area is 127 Å². The lowest BCUT2D eigenvalue weighted by Crippen LogP contribution is -2.19. The Morgan fingerprint density at radius 2 is 1.70 bits per heavy atom. The van der Waals surface area contributed by atoms with Crippen LogP contribution in [0.3, 0.4) is 0 Å². The molecule has 0 amide bonds. The van der Waals surface area contributed by atoms with Crippen molar-refractivity contribution in [2.24, 2.45) is 0 Å². The molecular formula is C14H10F4N2O3. The van der Waals surface area contributed by atoms with Crippen molar-refractivity contribution in [3.8, 4) is 5.75 Å². The van der Waals surface area contributed by atoms with Crippen molar-refractivity contribution < 1.29 is 27.2 Å². The van der Waals surface area contributed by atoms with E-state index in [9.17, 15) is 27.7 Å². The summed E-state index contributed by atoms with van der Waals surface area (Å²) in [4.78, 5) is 9.67. The van der Waals surface area contributed by atoms with E-state index in [4.69, 9.17) is 0 Å². The molecular weight excluding hydrogens is 320 g/mol. The summed E-state index contributed by atoms with van der Waals surface area (Å²) in [5.41, 5.74) is 0.0705. The lowest BCUT2D eigenvalue weighted by Gasteiger charge is -2.10. The van der Waals surface area contributed by atoms with Gasteiger partial charge < -0.3 is 10.1 Å². The molecule has 2 rings (SSSR count). The number of nitrogens with zero attached hydrogens (tertiary/aromatic N) is 1. The average Bonchev–Trinajstić information content (AvgIpc) is 2.45. The normalized spacial score (nSPS) is 11.1. The summed E-state index contributed by atoms with van der Waals surface area (Å²) in [6.45, 7) is -1.40. The van der Waals surface area contributed by atoms with E-state index in [1.54, 1.807) is 0 Å². The Morgan fingerprint density at radius 3 is 2.22 bits per heavy atom. The number of nitro benzene ring substituents is 1. The predicted molar refractivity (Wildman–Crippen MR) is 74.3 cm³/mol. The minimum absolute atomic E-state index is 0.0303. The zero-order valence-electron chi connectivity index (χ0n) is 11.4. The monoisotopic (exact) mass is 330 g/mol. The third-order valence-electron chi connectivity index (χ3n) is 2.69. The predicted octanol–water partition coefficient (Wildman–Crippen LogP) is 4.42. The Kier molecular flexibility index (Phi) is 4.68. The summed E-state index contributed by atoms with van der Waals surface area (Å²) >= 11 is 0. The van der Waals surface area contributed by atoms with E-state index in [2.05, 4.69) is 10.1 Å². The van der Waals surface area contributed by atoms with E-state index in [-0.39, 0.29) is 11.4 Å². The van der Waals surface area contributed by atoms with Crippen molar-refractivity contribution in [1.82, 2.24) is 0 Å². The van der Waals surface area contributed by atoms with E-state index >= 15 is 0 Å². The number of halogens is 4. The van der Waals surface area contributed by atoms with Crippen molar-refractivity contribution in [2.45, 2.75) is 6.18 Å². The van der Waals surface area contributed by atoms with E-state index < -0.39 is 29.2 Å². The second kappa shape index (κ2) is 6.51. The largest absolute Gasteiger partial charge is 0.484 e. The Hall–Kier alpha value is -2.84. The fourth-order valence-corrected chi connectivity index (χ4v) is 1.70. The highest BCUT2D eigenvalue weighted by Gasteiger charge is 2.28. The molecule has 1 N–H and O–H groups in total. The van der Waals surface area contributed by atoms with Crippen LogP contribution < -0.4 is 10.1 Å². The first kappa shape index (κ1) is 16.5. The molecule has 0 saturated heterocycles. The van der Waals surface area contributed by atoms with Crippen molar-refractivity contribution in [1.29, 1.82) is 0 Å². The van der Waals surface area contributed by atoms with E-state index in [1.165, 1.54) is 30.3 Å². The van der Waals surface area contributed by atoms with Gasteiger partial charge in [-0.15, -0.1) is 0 Å². The summed E-state index contributed by atoms with van der Waals surface area (Å²) in [5, 5.41) is 13.3. The number of hydrogen-bond donors (Lipinski definition) is 1. The van der Waals surface area contributed by atoms with Gasteiger partial charge in [0.1, 0.15) is 5.75 Å². The summed E-state index contributed by atoms with van der Waals surface area (Å²) in [7, 11) is 0. The molecule has 0 heterocycles. The van der Waals surface area contributed by atoms with Crippen LogP contribution in [0.4, 0.5) is 34.6 Å². The standard InChI is InChI=1S/C14H10F4N2O3/c15-12-7-10(3-6-13(12)20(21)22)19-9-1-4-11(5-2-9)23-8-14(16,17)18/h1-7,19H,8H2. The van der Waals surface area contributed by atoms with Gasteiger partial charge in [-0.25, -0.2) is 0 Å². The highest BCUT2D eigenvalue weighted by atomic mass is 19.4. The van der Waals surface area contributed by atoms with Crippen LogP contribution in [0.15, 0.2) is 42.5 Å². The van der Waals surface area contributed by atoms with E-state index in [1.807, 2.05) is 0 Å². The summed E-state index contributed by atoms with van der Waals surface area (Å²) in [5.74, 6) is -0.965. The van der Waals surface area contributed by atoms with Crippen molar-refractivity contribution in [2.75, 3.05) is 11.9 Å². The molecule has 0 aliphatic carbocycles. The van der Waals surface area contributed by atoms with Gasteiger partial charge >= 0.3 is 11.9 Å². The van der Waals surface area contributed by atoms with Crippen LogP contribution in [0.1, 0.15) is 0 Å². The lowest BCUT2D eigenvalue weighted by molar-refractivity contribution is -0.387. The highest BCUT2D eigenvalue weighted by Crippen LogP contribution is 2.25. The Balaban J connectivity index is 2.03. The zero-order chi connectivity index (χ0) is 17.0. The number of alkyl halides is 3. The van der Waals surface area contributed by atoms with E-state index in [0.717, 1.165) is 12.1 Å². The second-order valence-corrected chi connectivity index (χ2v) is 4.48. The SMILES string of the molecule is O=[N+]([O-])c1ccc(Nc2ccc(OCC(F)(F)F)cc2)cc1F. The molecule has 122 valence electrons. The third kappa shape index (κ3) is 4.83. The molecule has 9 heteroatoms. The number of benzene rings is 2. The number of ether oxygens (including phenoxy) is 1. The fraction of sp³-hybridized carbons (Fsp3) is 0.143. The van der Waals surface area contributed by atoms with Crippen LogP contribution in [0.2, 0.25) is 0 Å². The summed E-state index contributed by atoms with van der Waals surface area (Å²) < 4.78 is 54.1. The molecule has 0 bridgehead atoms. The van der Waals surface area contributed by atoms with Crippen molar-refractivity contribution in [3.05, 3.63) is 58.4 Å². The number of hydrogen-bond acceptors (Lipinski definition) is 4. The van der Waals surface area contributed by atoms with Gasteiger partial charge in [0, 0.05) is 23.5 Å². The Morgan fingerprint density at radius 1 is 1.09 bits per heavy atom. The molecule has 0 unspecified atom stereocenters. The lowest BCUT2D eigenvalue weighted by atomic mass is 10.2. The molecule has 0 aliphatic heterocycles. The number of nitrogens with one attached hydrogen (secondary N) is 1. The molecule has 0 aromatic heterocycles. The number of rotatable bonds is 5. The number of anilines is 2. The Bertz CT molecular complexity index is 702. The van der Waals surface area contributed by atoms with Gasteiger partial charge in [0.15, 0.2) is 6.61 Å². The molecule has 5 nitrogen and oxygen atoms in total. The molecule has 23 heavy (non-hydrogen) atoms. The molecule has 0 aliphatic rings. The molecule has 2 aromatic rings. The van der Waals surface area contributed by atoms with Crippen LogP contribution >= 0.6 is 0 Å². The summed E-state index contributed by atoms with van der Waals surface area (Å²) in [6, 6.07) is 8.78. The number of nitro groups is 1. The first-order valence-corrected chi connectivity index (χ1v) is 6.25. The van der Waals surface area contributed by atoms with Crippen LogP contribution in [0.25, 0.3) is 0 Å². The highest BCUT2D eigenvalue weighted by molar-refractivity contribution is 5.61. The minimum atomic E-state index is -4.42. The van der Waals surface area contributed by atoms with Gasteiger partial charge in [0.05, 0.1) is 4.92 Å². The zero-order valence-corrected chi connectivity index (χ0v) is 11.4. The molecule has 0 fully saturated rings. The van der Waals surface area contributed by atoms with Crippen molar-refractivity contribution >= 4 is 17.1 Å². The van der Waals surface area contributed by atoms with Gasteiger partial charge in [0.25, 0.3) is 0 Å². The van der Waals surface area contributed by atoms with Gasteiger partial charge in [-0.1, -0.05) is 0 Å². The average molecular weight is 330 g/mol. The van der Waals surface area contributed by atoms with Gasteiger partial charge in [-0.05, 0) is 30.3 Å². The van der Waals surface area contributed by atoms with Gasteiger partial charge in [-0.2, -0.15) is 17.6 Å². The quantitative estimate of drug-likeness (QED) is 0.501. The minimum Gasteiger partial charge on any atom is -0.484 e. The second-order valence-electron chi connectivity index (χ2n) is 4.48. The maximum absolute atomic E-state index is 13.5. The first-order chi connectivity index (χ1) is 10.7. The van der Waals surface area contributed by atoms with Crippen LogP contribution in [-0.4, -0.2) is 17.7 Å². The van der Waals surface area contributed by atoms with Crippen molar-refractivity contribution in [3.63, 3.8) is 0 Å². The topological polar surface area (TPSA) is 64.4 Å². The molecule has 0 radical (unpaired) electrons. The van der Waals surface area contributed by atoms with E-state index in [0.29, 0.717) is 5.69 Å². The molecule has 0 atom stereocenters. The smallest absolute Gasteiger partial charge is 0.422 e. The van der Waals surface area contributed by atoms with Gasteiger partial charge in [0.2, 0.25) is 5.82 Å². The third-order valence-corrected chi connectivity index (χ3v) is 2.69. The molecule has 0 spiro atoms. The van der Waals surface area contributed by atoms with Crippen LogP contribution in [-0.2, 0) is 0 Å². The molecule has 0 saturated carbocycles. The molecule has 2 aromatic carbocycles. The maximum Gasteiger partial charge on any atom is 0.422 e. The van der Waals surface area contributed by atoms with Crippen LogP contribution in [0.5, 0.6) is 5.75 Å². The maximum atomic E-state index is 13.5. The summed E-state index contributed by atoms with van der Waals surface area (Å²) in [6.07, 6.45) is -4.42.